The van der Waals surface area contributed by atoms with E-state index < -0.39 is 36.7 Å². The Morgan fingerprint density at radius 3 is 2.46 bits per heavy atom. The zero-order valence-electron chi connectivity index (χ0n) is 13.8. The molecule has 1 aliphatic rings. The van der Waals surface area contributed by atoms with Crippen LogP contribution in [0.1, 0.15) is 12.0 Å². The van der Waals surface area contributed by atoms with Gasteiger partial charge in [-0.15, -0.1) is 0 Å². The molecule has 0 atom stereocenters. The number of nitro benzene ring substituents is 1. The second-order valence-corrected chi connectivity index (χ2v) is 8.38. The Balaban J connectivity index is 2.19. The fraction of sp³-hybridized carbons (Fsp3) is 0.250. The standard InChI is InChI=1S/C16H11ClF4N2O4S/c17-10-6-9-2-1-5-22(15(9)12(18)7-10)13-4-3-11(8-14(13)23(24)25)28(26,27)16(19,20)21/h3-4,6-8H,1-2,5H2. The van der Waals surface area contributed by atoms with Crippen LogP contribution in [-0.4, -0.2) is 25.4 Å². The molecule has 0 aromatic heterocycles. The van der Waals surface area contributed by atoms with Crippen molar-refractivity contribution < 1.29 is 30.9 Å². The quantitative estimate of drug-likeness (QED) is 0.392. The molecule has 0 amide bonds. The van der Waals surface area contributed by atoms with Crippen LogP contribution in [0.5, 0.6) is 0 Å². The Morgan fingerprint density at radius 1 is 1.18 bits per heavy atom. The number of rotatable bonds is 3. The highest BCUT2D eigenvalue weighted by Gasteiger charge is 2.47. The molecule has 0 unspecified atom stereocenters. The molecule has 0 radical (unpaired) electrons. The predicted molar refractivity (Wildman–Crippen MR) is 93.1 cm³/mol. The van der Waals surface area contributed by atoms with Crippen LogP contribution in [0.25, 0.3) is 0 Å². The van der Waals surface area contributed by atoms with Crippen molar-refractivity contribution in [3.63, 3.8) is 0 Å². The van der Waals surface area contributed by atoms with Gasteiger partial charge >= 0.3 is 5.51 Å². The van der Waals surface area contributed by atoms with E-state index in [0.29, 0.717) is 30.5 Å². The number of alkyl halides is 3. The Hall–Kier alpha value is -2.40. The topological polar surface area (TPSA) is 80.5 Å². The van der Waals surface area contributed by atoms with E-state index >= 15 is 0 Å². The number of hydrogen-bond donors (Lipinski definition) is 0. The molecule has 2 aromatic carbocycles. The Kier molecular flexibility index (Phi) is 5.00. The van der Waals surface area contributed by atoms with Crippen molar-refractivity contribution in [3.8, 4) is 0 Å². The van der Waals surface area contributed by atoms with E-state index in [9.17, 15) is 36.1 Å². The molecule has 1 aliphatic heterocycles. The number of halogens is 5. The summed E-state index contributed by atoms with van der Waals surface area (Å²) in [4.78, 5) is 10.4. The first-order chi connectivity index (χ1) is 12.9. The number of nitrogens with zero attached hydrogens (tertiary/aromatic N) is 2. The van der Waals surface area contributed by atoms with Gasteiger partial charge in [-0.1, -0.05) is 11.6 Å². The summed E-state index contributed by atoms with van der Waals surface area (Å²) in [5.74, 6) is -0.747. The number of nitro groups is 1. The molecule has 6 nitrogen and oxygen atoms in total. The largest absolute Gasteiger partial charge is 0.501 e. The molecule has 0 saturated carbocycles. The van der Waals surface area contributed by atoms with Crippen molar-refractivity contribution in [1.29, 1.82) is 0 Å². The molecule has 0 bridgehead atoms. The summed E-state index contributed by atoms with van der Waals surface area (Å²) in [5.41, 5.74) is -6.20. The first kappa shape index (κ1) is 20.3. The van der Waals surface area contributed by atoms with Gasteiger partial charge in [0, 0.05) is 17.6 Å². The van der Waals surface area contributed by atoms with Gasteiger partial charge in [-0.25, -0.2) is 12.8 Å². The van der Waals surface area contributed by atoms with Gasteiger partial charge in [0.1, 0.15) is 11.5 Å². The Labute approximate surface area is 161 Å². The van der Waals surface area contributed by atoms with Crippen molar-refractivity contribution in [2.24, 2.45) is 0 Å². The third kappa shape index (κ3) is 3.39. The molecule has 0 N–H and O–H groups in total. The molecule has 0 fully saturated rings. The predicted octanol–water partition coefficient (Wildman–Crippen LogP) is 4.77. The van der Waals surface area contributed by atoms with E-state index in [1.807, 2.05) is 0 Å². The van der Waals surface area contributed by atoms with E-state index in [4.69, 9.17) is 11.6 Å². The average molecular weight is 439 g/mol. The SMILES string of the molecule is O=[N+]([O-])c1cc(S(=O)(=O)C(F)(F)F)ccc1N1CCCc2cc(Cl)cc(F)c21. The van der Waals surface area contributed by atoms with Crippen molar-refractivity contribution in [1.82, 2.24) is 0 Å². The lowest BCUT2D eigenvalue weighted by Crippen LogP contribution is -2.27. The molecule has 0 spiro atoms. The van der Waals surface area contributed by atoms with Crippen LogP contribution in [0.4, 0.5) is 34.6 Å². The Bertz CT molecular complexity index is 1070. The molecule has 0 saturated heterocycles. The van der Waals surface area contributed by atoms with Crippen molar-refractivity contribution in [2.75, 3.05) is 11.4 Å². The second-order valence-electron chi connectivity index (χ2n) is 6.01. The van der Waals surface area contributed by atoms with E-state index in [-0.39, 0.29) is 22.9 Å². The molecule has 0 aliphatic carbocycles. The summed E-state index contributed by atoms with van der Waals surface area (Å²) >= 11 is 5.83. The fourth-order valence-electron chi connectivity index (χ4n) is 3.07. The molecule has 3 rings (SSSR count). The second kappa shape index (κ2) is 6.89. The molecular formula is C16H11ClF4N2O4S. The summed E-state index contributed by atoms with van der Waals surface area (Å²) in [6.07, 6.45) is 0.935. The van der Waals surface area contributed by atoms with Gasteiger partial charge in [-0.2, -0.15) is 13.2 Å². The summed E-state index contributed by atoms with van der Waals surface area (Å²) in [6.45, 7) is 0.151. The van der Waals surface area contributed by atoms with Gasteiger partial charge in [-0.3, -0.25) is 10.1 Å². The van der Waals surface area contributed by atoms with E-state index in [1.165, 1.54) is 11.0 Å². The van der Waals surface area contributed by atoms with E-state index in [1.54, 1.807) is 0 Å². The monoisotopic (exact) mass is 438 g/mol. The third-order valence-electron chi connectivity index (χ3n) is 4.25. The lowest BCUT2D eigenvalue weighted by atomic mass is 10.00. The molecule has 2 aromatic rings. The Morgan fingerprint density at radius 2 is 1.86 bits per heavy atom. The summed E-state index contributed by atoms with van der Waals surface area (Å²) in [6, 6.07) is 4.35. The lowest BCUT2D eigenvalue weighted by Gasteiger charge is -2.31. The molecule has 1 heterocycles. The highest BCUT2D eigenvalue weighted by Crippen LogP contribution is 2.42. The van der Waals surface area contributed by atoms with Crippen molar-refractivity contribution in [2.45, 2.75) is 23.2 Å². The van der Waals surface area contributed by atoms with Gasteiger partial charge in [0.15, 0.2) is 0 Å². The van der Waals surface area contributed by atoms with Crippen molar-refractivity contribution >= 4 is 38.5 Å². The van der Waals surface area contributed by atoms with Gasteiger partial charge in [-0.05, 0) is 42.7 Å². The number of sulfone groups is 1. The molecular weight excluding hydrogens is 428 g/mol. The minimum atomic E-state index is -5.77. The number of anilines is 2. The summed E-state index contributed by atoms with van der Waals surface area (Å²) in [7, 11) is -5.77. The number of aryl methyl sites for hydroxylation is 1. The minimum Gasteiger partial charge on any atom is -0.333 e. The number of benzene rings is 2. The van der Waals surface area contributed by atoms with Gasteiger partial charge in [0.2, 0.25) is 0 Å². The van der Waals surface area contributed by atoms with Crippen LogP contribution in [0.15, 0.2) is 35.2 Å². The van der Waals surface area contributed by atoms with Crippen LogP contribution >= 0.6 is 11.6 Å². The smallest absolute Gasteiger partial charge is 0.333 e. The van der Waals surface area contributed by atoms with Crippen LogP contribution < -0.4 is 4.90 Å². The number of fused-ring (bicyclic) bond motifs is 1. The maximum atomic E-state index is 14.5. The van der Waals surface area contributed by atoms with Crippen LogP contribution in [0, 0.1) is 15.9 Å². The van der Waals surface area contributed by atoms with Crippen molar-refractivity contribution in [3.05, 3.63) is 56.8 Å². The summed E-state index contributed by atoms with van der Waals surface area (Å²) < 4.78 is 75.9. The molecule has 150 valence electrons. The minimum absolute atomic E-state index is 0.0187. The van der Waals surface area contributed by atoms with E-state index in [2.05, 4.69) is 0 Å². The maximum absolute atomic E-state index is 14.5. The molecule has 28 heavy (non-hydrogen) atoms. The van der Waals surface area contributed by atoms with Gasteiger partial charge in [0.25, 0.3) is 15.5 Å². The number of hydrogen-bond acceptors (Lipinski definition) is 5. The zero-order valence-corrected chi connectivity index (χ0v) is 15.4. The maximum Gasteiger partial charge on any atom is 0.501 e. The van der Waals surface area contributed by atoms with Gasteiger partial charge < -0.3 is 4.90 Å². The first-order valence-electron chi connectivity index (χ1n) is 7.78. The van der Waals surface area contributed by atoms with Crippen LogP contribution in [0.2, 0.25) is 5.02 Å². The zero-order chi connectivity index (χ0) is 20.9. The highest BCUT2D eigenvalue weighted by molar-refractivity contribution is 7.92. The van der Waals surface area contributed by atoms with E-state index in [0.717, 1.165) is 12.1 Å². The van der Waals surface area contributed by atoms with Gasteiger partial charge in [0.05, 0.1) is 15.5 Å². The lowest BCUT2D eigenvalue weighted by molar-refractivity contribution is -0.384. The highest BCUT2D eigenvalue weighted by atomic mass is 35.5. The average Bonchev–Trinajstić information content (AvgIpc) is 2.59. The third-order valence-corrected chi connectivity index (χ3v) is 5.96. The first-order valence-corrected chi connectivity index (χ1v) is 9.65. The molecule has 12 heteroatoms. The normalized spacial score (nSPS) is 14.7. The van der Waals surface area contributed by atoms with Crippen LogP contribution in [0.3, 0.4) is 0 Å². The van der Waals surface area contributed by atoms with Crippen LogP contribution in [-0.2, 0) is 16.3 Å². The fourth-order valence-corrected chi connectivity index (χ4v) is 4.08. The summed E-state index contributed by atoms with van der Waals surface area (Å²) in [5, 5.41) is 11.6.